The van der Waals surface area contributed by atoms with E-state index in [9.17, 15) is 9.59 Å². The third-order valence-corrected chi connectivity index (χ3v) is 12.0. The molecule has 0 spiro atoms. The highest BCUT2D eigenvalue weighted by Gasteiger charge is 2.20. The summed E-state index contributed by atoms with van der Waals surface area (Å²) in [5, 5.41) is 9.41. The molecule has 2 aliphatic rings. The van der Waals surface area contributed by atoms with Crippen LogP contribution in [0.15, 0.2) is 66.8 Å². The first kappa shape index (κ1) is 61.7. The van der Waals surface area contributed by atoms with Crippen LogP contribution in [-0.4, -0.2) is 190 Å². The quantitative estimate of drug-likeness (QED) is 0.0610. The Morgan fingerprint density at radius 3 is 1.77 bits per heavy atom. The summed E-state index contributed by atoms with van der Waals surface area (Å²) >= 11 is 0. The zero-order valence-corrected chi connectivity index (χ0v) is 44.1. The molecule has 1 atom stereocenters. The third kappa shape index (κ3) is 31.0. The second kappa shape index (κ2) is 43.4. The Kier molecular flexibility index (Phi) is 36.7. The Bertz CT molecular complexity index is 1750. The summed E-state index contributed by atoms with van der Waals surface area (Å²) in [5.41, 5.74) is 5.18. The van der Waals surface area contributed by atoms with E-state index in [1.54, 1.807) is 7.11 Å². The molecule has 2 aromatic carbocycles. The molecule has 4 rings (SSSR count). The van der Waals surface area contributed by atoms with Crippen molar-refractivity contribution in [2.75, 3.05) is 189 Å². The van der Waals surface area contributed by atoms with Gasteiger partial charge in [-0.15, -0.1) is 0 Å². The van der Waals surface area contributed by atoms with Gasteiger partial charge in [0.25, 0.3) is 5.91 Å². The second-order valence-corrected chi connectivity index (χ2v) is 17.8. The van der Waals surface area contributed by atoms with Crippen LogP contribution in [0, 0.1) is 0 Å². The summed E-state index contributed by atoms with van der Waals surface area (Å²) in [7, 11) is 1.68. The third-order valence-electron chi connectivity index (χ3n) is 12.0. The lowest BCUT2D eigenvalue weighted by molar-refractivity contribution is -0.122. The van der Waals surface area contributed by atoms with Gasteiger partial charge in [0.15, 0.2) is 0 Å². The van der Waals surface area contributed by atoms with Crippen molar-refractivity contribution >= 4 is 23.2 Å². The fourth-order valence-electron chi connectivity index (χ4n) is 8.07. The molecule has 17 heteroatoms. The van der Waals surface area contributed by atoms with Crippen LogP contribution in [-0.2, 0) is 63.3 Å². The maximum Gasteiger partial charge on any atom is 0.255 e. The normalized spacial score (nSPS) is 14.9. The summed E-state index contributed by atoms with van der Waals surface area (Å²) < 4.78 is 60.5. The number of hydrogen-bond donors (Lipinski definition) is 3. The first-order chi connectivity index (χ1) is 36.1. The van der Waals surface area contributed by atoms with E-state index in [0.29, 0.717) is 176 Å². The van der Waals surface area contributed by atoms with Gasteiger partial charge in [0, 0.05) is 83.0 Å². The number of nitrogens with zero attached hydrogens (tertiary/aromatic N) is 1. The molecule has 1 fully saturated rings. The molecule has 412 valence electrons. The lowest BCUT2D eigenvalue weighted by Gasteiger charge is -2.30. The Morgan fingerprint density at radius 1 is 0.575 bits per heavy atom. The lowest BCUT2D eigenvalue weighted by atomic mass is 9.88. The predicted molar refractivity (Wildman–Crippen MR) is 285 cm³/mol. The maximum atomic E-state index is 13.6. The summed E-state index contributed by atoms with van der Waals surface area (Å²) in [6, 6.07) is 14.6. The number of carbonyl (C=O) groups is 2. The van der Waals surface area contributed by atoms with Gasteiger partial charge in [0.2, 0.25) is 5.91 Å². The summed E-state index contributed by atoms with van der Waals surface area (Å²) in [6.45, 7) is 14.9. The molecule has 0 bridgehead atoms. The van der Waals surface area contributed by atoms with Gasteiger partial charge >= 0.3 is 0 Å². The Labute approximate surface area is 436 Å². The number of benzene rings is 2. The minimum absolute atomic E-state index is 0.0714. The molecule has 0 aromatic heterocycles. The molecule has 17 nitrogen and oxygen atoms in total. The fraction of sp³-hybridized carbons (Fsp3) is 0.679. The van der Waals surface area contributed by atoms with Gasteiger partial charge in [-0.2, -0.15) is 0 Å². The topological polar surface area (TPSA) is 175 Å². The van der Waals surface area contributed by atoms with Gasteiger partial charge < -0.3 is 73.0 Å². The SMILES string of the molecule is COCCCOCCOCCOCCOCCOCCOCCOCCNC(=O)CCOCCNCCOCCOCCCc1cccc(C(=O)Nc2ccc(N3CCCCC3)cc2C2CC=CC=CCC2)c1. The van der Waals surface area contributed by atoms with Crippen LogP contribution in [0.5, 0.6) is 0 Å². The first-order valence-electron chi connectivity index (χ1n) is 27.0. The van der Waals surface area contributed by atoms with Crippen molar-refractivity contribution in [1.29, 1.82) is 0 Å². The van der Waals surface area contributed by atoms with Crippen molar-refractivity contribution in [2.45, 2.75) is 70.1 Å². The number of nitrogens with one attached hydrogen (secondary N) is 3. The molecule has 1 aliphatic heterocycles. The van der Waals surface area contributed by atoms with E-state index in [4.69, 9.17) is 52.1 Å². The first-order valence-corrected chi connectivity index (χ1v) is 27.0. The van der Waals surface area contributed by atoms with E-state index < -0.39 is 0 Å². The van der Waals surface area contributed by atoms with E-state index in [-0.39, 0.29) is 11.8 Å². The molecule has 0 saturated carbocycles. The Hall–Kier alpha value is -3.82. The molecule has 73 heavy (non-hydrogen) atoms. The smallest absolute Gasteiger partial charge is 0.255 e. The molecule has 0 radical (unpaired) electrons. The summed E-state index contributed by atoms with van der Waals surface area (Å²) in [4.78, 5) is 28.2. The summed E-state index contributed by atoms with van der Waals surface area (Å²) in [6.07, 6.45) is 18.4. The number of aryl methyl sites for hydroxylation is 1. The summed E-state index contributed by atoms with van der Waals surface area (Å²) in [5.74, 6) is 0.195. The molecule has 1 heterocycles. The number of anilines is 2. The number of methoxy groups -OCH3 is 1. The zero-order chi connectivity index (χ0) is 51.3. The highest BCUT2D eigenvalue weighted by Crippen LogP contribution is 2.36. The highest BCUT2D eigenvalue weighted by molar-refractivity contribution is 6.05. The van der Waals surface area contributed by atoms with E-state index in [1.165, 1.54) is 30.5 Å². The van der Waals surface area contributed by atoms with Crippen LogP contribution in [0.2, 0.25) is 0 Å². The number of carbonyl (C=O) groups excluding carboxylic acids is 2. The Balaban J connectivity index is 0.873. The molecule has 1 unspecified atom stereocenters. The van der Waals surface area contributed by atoms with Crippen molar-refractivity contribution in [3.05, 3.63) is 83.5 Å². The van der Waals surface area contributed by atoms with Gasteiger partial charge in [-0.3, -0.25) is 9.59 Å². The zero-order valence-electron chi connectivity index (χ0n) is 44.1. The predicted octanol–water partition coefficient (Wildman–Crippen LogP) is 6.54. The van der Waals surface area contributed by atoms with Crippen LogP contribution in [0.4, 0.5) is 11.4 Å². The number of hydrogen-bond acceptors (Lipinski definition) is 15. The van der Waals surface area contributed by atoms with E-state index in [0.717, 1.165) is 62.9 Å². The molecule has 1 aliphatic carbocycles. The lowest BCUT2D eigenvalue weighted by Crippen LogP contribution is -2.29. The number of rotatable bonds is 45. The molecular weight excluding hydrogens is 937 g/mol. The molecule has 2 aromatic rings. The standard InChI is InChI=1S/C56H90N4O13/c1-63-26-12-28-65-34-37-69-39-41-71-43-45-73-46-44-72-42-40-70-38-36-68-32-23-58-55(61)20-29-66-30-21-57-22-31-67-35-33-64-27-11-14-49-13-10-17-51(47-49)56(62)59-54-19-18-52(60-24-8-5-9-25-60)48-53(54)50-15-6-3-2-4-7-16-50/h2-4,6,10,13,17-19,47-48,50,57H,5,7-9,11-12,14-16,20-46H2,1H3,(H,58,61)(H,59,62). The van der Waals surface area contributed by atoms with Crippen molar-refractivity contribution < 1.29 is 61.7 Å². The van der Waals surface area contributed by atoms with Crippen LogP contribution in [0.25, 0.3) is 0 Å². The van der Waals surface area contributed by atoms with Crippen LogP contribution in [0.3, 0.4) is 0 Å². The molecular formula is C56H90N4O13. The number of piperidine rings is 1. The van der Waals surface area contributed by atoms with Crippen molar-refractivity contribution in [2.24, 2.45) is 0 Å². The van der Waals surface area contributed by atoms with Gasteiger partial charge in [0.05, 0.1) is 119 Å². The van der Waals surface area contributed by atoms with E-state index in [1.807, 2.05) is 18.2 Å². The number of ether oxygens (including phenoxy) is 11. The van der Waals surface area contributed by atoms with E-state index in [2.05, 4.69) is 69.4 Å². The minimum atomic E-state index is -0.0785. The minimum Gasteiger partial charge on any atom is -0.385 e. The maximum absolute atomic E-state index is 13.6. The fourth-order valence-corrected chi connectivity index (χ4v) is 8.07. The second-order valence-electron chi connectivity index (χ2n) is 17.8. The largest absolute Gasteiger partial charge is 0.385 e. The van der Waals surface area contributed by atoms with Crippen molar-refractivity contribution in [3.8, 4) is 0 Å². The van der Waals surface area contributed by atoms with Crippen molar-refractivity contribution in [3.63, 3.8) is 0 Å². The van der Waals surface area contributed by atoms with Gasteiger partial charge in [0.1, 0.15) is 0 Å². The number of allylic oxidation sites excluding steroid dienone is 4. The molecule has 3 N–H and O–H groups in total. The van der Waals surface area contributed by atoms with Crippen molar-refractivity contribution in [1.82, 2.24) is 10.6 Å². The molecule has 2 amide bonds. The van der Waals surface area contributed by atoms with E-state index >= 15 is 0 Å². The van der Waals surface area contributed by atoms with Gasteiger partial charge in [-0.05, 0) is 105 Å². The average molecular weight is 1030 g/mol. The molecule has 1 saturated heterocycles. The highest BCUT2D eigenvalue weighted by atomic mass is 16.6. The van der Waals surface area contributed by atoms with Crippen LogP contribution < -0.4 is 20.9 Å². The monoisotopic (exact) mass is 1030 g/mol. The van der Waals surface area contributed by atoms with Gasteiger partial charge in [-0.1, -0.05) is 36.4 Å². The van der Waals surface area contributed by atoms with Gasteiger partial charge in [-0.25, -0.2) is 0 Å². The van der Waals surface area contributed by atoms with Crippen LogP contribution in [0.1, 0.15) is 85.2 Å². The number of amides is 2. The average Bonchev–Trinajstić information content (AvgIpc) is 3.40. The Morgan fingerprint density at radius 2 is 1.14 bits per heavy atom. The van der Waals surface area contributed by atoms with Crippen LogP contribution >= 0.6 is 0 Å².